The Morgan fingerprint density at radius 1 is 1.27 bits per heavy atom. The Hall–Kier alpha value is -1.44. The quantitative estimate of drug-likeness (QED) is 0.911. The molecule has 1 aliphatic rings. The Morgan fingerprint density at radius 2 is 1.91 bits per heavy atom. The first kappa shape index (κ1) is 16.9. The van der Waals surface area contributed by atoms with Crippen LogP contribution in [0.1, 0.15) is 18.4 Å². The number of benzene rings is 1. The van der Waals surface area contributed by atoms with Gasteiger partial charge in [0.25, 0.3) is 10.2 Å². The van der Waals surface area contributed by atoms with Gasteiger partial charge in [0.15, 0.2) is 0 Å². The average molecular weight is 325 g/mol. The maximum absolute atomic E-state index is 12.3. The third kappa shape index (κ3) is 3.85. The van der Waals surface area contributed by atoms with Crippen molar-refractivity contribution < 1.29 is 13.2 Å². The second kappa shape index (κ2) is 6.76. The summed E-state index contributed by atoms with van der Waals surface area (Å²) in [5.74, 6) is -0.179. The van der Waals surface area contributed by atoms with E-state index in [0.29, 0.717) is 25.9 Å². The molecule has 1 aromatic rings. The molecule has 0 bridgehead atoms. The number of nitrogens with zero attached hydrogens (tertiary/aromatic N) is 2. The van der Waals surface area contributed by atoms with Crippen molar-refractivity contribution in [2.75, 3.05) is 32.5 Å². The minimum Gasteiger partial charge on any atom is -0.326 e. The SMILES string of the molecule is Cc1cccc(NC(=O)C2CCN(S(=O)(=O)N(C)C)CC2)c1. The molecule has 1 aromatic carbocycles. The molecule has 22 heavy (non-hydrogen) atoms. The molecule has 1 aliphatic heterocycles. The lowest BCUT2D eigenvalue weighted by molar-refractivity contribution is -0.120. The van der Waals surface area contributed by atoms with Gasteiger partial charge in [-0.15, -0.1) is 0 Å². The maximum atomic E-state index is 12.3. The van der Waals surface area contributed by atoms with E-state index in [4.69, 9.17) is 0 Å². The topological polar surface area (TPSA) is 69.7 Å². The number of amides is 1. The molecule has 0 saturated carbocycles. The zero-order valence-corrected chi connectivity index (χ0v) is 14.1. The molecular formula is C15H23N3O3S. The van der Waals surface area contributed by atoms with Crippen LogP contribution in [0.3, 0.4) is 0 Å². The highest BCUT2D eigenvalue weighted by Crippen LogP contribution is 2.22. The fourth-order valence-electron chi connectivity index (χ4n) is 2.55. The number of anilines is 1. The summed E-state index contributed by atoms with van der Waals surface area (Å²) in [4.78, 5) is 12.3. The van der Waals surface area contributed by atoms with Crippen LogP contribution in [0.5, 0.6) is 0 Å². The highest BCUT2D eigenvalue weighted by molar-refractivity contribution is 7.86. The Labute approximate surface area is 132 Å². The zero-order valence-electron chi connectivity index (χ0n) is 13.2. The summed E-state index contributed by atoms with van der Waals surface area (Å²) in [6, 6.07) is 7.65. The minimum absolute atomic E-state index is 0.0347. The molecule has 1 saturated heterocycles. The molecule has 122 valence electrons. The van der Waals surface area contributed by atoms with Crippen molar-refractivity contribution in [1.82, 2.24) is 8.61 Å². The second-order valence-electron chi connectivity index (χ2n) is 5.82. The first-order valence-corrected chi connectivity index (χ1v) is 8.75. The highest BCUT2D eigenvalue weighted by Gasteiger charge is 2.32. The second-order valence-corrected chi connectivity index (χ2v) is 7.96. The molecule has 1 N–H and O–H groups in total. The van der Waals surface area contributed by atoms with Gasteiger partial charge in [0, 0.05) is 38.8 Å². The van der Waals surface area contributed by atoms with E-state index in [1.54, 1.807) is 0 Å². The van der Waals surface area contributed by atoms with Crippen LogP contribution in [0.4, 0.5) is 5.69 Å². The van der Waals surface area contributed by atoms with E-state index in [9.17, 15) is 13.2 Å². The minimum atomic E-state index is -3.38. The Balaban J connectivity index is 1.93. The lowest BCUT2D eigenvalue weighted by Gasteiger charge is -2.32. The zero-order chi connectivity index (χ0) is 16.3. The van der Waals surface area contributed by atoms with Crippen LogP contribution < -0.4 is 5.32 Å². The van der Waals surface area contributed by atoms with Crippen LogP contribution in [-0.2, 0) is 15.0 Å². The van der Waals surface area contributed by atoms with Gasteiger partial charge < -0.3 is 5.32 Å². The molecule has 0 aliphatic carbocycles. The monoisotopic (exact) mass is 325 g/mol. The van der Waals surface area contributed by atoms with E-state index < -0.39 is 10.2 Å². The third-order valence-corrected chi connectivity index (χ3v) is 5.84. The summed E-state index contributed by atoms with van der Waals surface area (Å²) >= 11 is 0. The van der Waals surface area contributed by atoms with Crippen molar-refractivity contribution in [3.05, 3.63) is 29.8 Å². The largest absolute Gasteiger partial charge is 0.326 e. The lowest BCUT2D eigenvalue weighted by atomic mass is 9.97. The fraction of sp³-hybridized carbons (Fsp3) is 0.533. The fourth-order valence-corrected chi connectivity index (χ4v) is 3.68. The smallest absolute Gasteiger partial charge is 0.281 e. The standard InChI is InChI=1S/C15H23N3O3S/c1-12-5-4-6-14(11-12)16-15(19)13-7-9-18(10-8-13)22(20,21)17(2)3/h4-6,11,13H,7-10H2,1-3H3,(H,16,19). The molecule has 1 amide bonds. The number of piperidine rings is 1. The number of rotatable bonds is 4. The molecule has 2 rings (SSSR count). The van der Waals surface area contributed by atoms with Gasteiger partial charge in [-0.3, -0.25) is 4.79 Å². The van der Waals surface area contributed by atoms with Crippen molar-refractivity contribution in [1.29, 1.82) is 0 Å². The van der Waals surface area contributed by atoms with Crippen molar-refractivity contribution in [2.45, 2.75) is 19.8 Å². The summed E-state index contributed by atoms with van der Waals surface area (Å²) in [5.41, 5.74) is 1.87. The Bertz CT molecular complexity index is 635. The van der Waals surface area contributed by atoms with Gasteiger partial charge in [-0.25, -0.2) is 0 Å². The van der Waals surface area contributed by atoms with Crippen molar-refractivity contribution in [2.24, 2.45) is 5.92 Å². The molecular weight excluding hydrogens is 302 g/mol. The van der Waals surface area contributed by atoms with Crippen LogP contribution in [0, 0.1) is 12.8 Å². The van der Waals surface area contributed by atoms with E-state index in [1.165, 1.54) is 22.7 Å². The predicted molar refractivity (Wildman–Crippen MR) is 86.7 cm³/mol. The van der Waals surface area contributed by atoms with Crippen LogP contribution in [0.15, 0.2) is 24.3 Å². The van der Waals surface area contributed by atoms with E-state index in [-0.39, 0.29) is 11.8 Å². The molecule has 0 aromatic heterocycles. The van der Waals surface area contributed by atoms with E-state index in [2.05, 4.69) is 5.32 Å². The molecule has 0 spiro atoms. The lowest BCUT2D eigenvalue weighted by Crippen LogP contribution is -2.46. The van der Waals surface area contributed by atoms with Gasteiger partial charge in [0.05, 0.1) is 0 Å². The Morgan fingerprint density at radius 3 is 2.45 bits per heavy atom. The summed E-state index contributed by atoms with van der Waals surface area (Å²) in [6.45, 7) is 2.74. The summed E-state index contributed by atoms with van der Waals surface area (Å²) < 4.78 is 26.7. The highest BCUT2D eigenvalue weighted by atomic mass is 32.2. The number of nitrogens with one attached hydrogen (secondary N) is 1. The summed E-state index contributed by atoms with van der Waals surface area (Å²) in [5, 5.41) is 2.91. The predicted octanol–water partition coefficient (Wildman–Crippen LogP) is 1.45. The van der Waals surface area contributed by atoms with Gasteiger partial charge in [-0.2, -0.15) is 17.0 Å². The third-order valence-electron chi connectivity index (χ3n) is 3.90. The number of aryl methyl sites for hydroxylation is 1. The van der Waals surface area contributed by atoms with Crippen molar-refractivity contribution in [3.8, 4) is 0 Å². The Kier molecular flexibility index (Phi) is 5.20. The molecule has 6 nitrogen and oxygen atoms in total. The average Bonchev–Trinajstić information content (AvgIpc) is 2.47. The van der Waals surface area contributed by atoms with Gasteiger partial charge >= 0.3 is 0 Å². The number of carbonyl (C=O) groups excluding carboxylic acids is 1. The first-order chi connectivity index (χ1) is 10.3. The van der Waals surface area contributed by atoms with Crippen LogP contribution in [0.25, 0.3) is 0 Å². The summed E-state index contributed by atoms with van der Waals surface area (Å²) in [6.07, 6.45) is 1.09. The molecule has 0 atom stereocenters. The number of hydrogen-bond donors (Lipinski definition) is 1. The number of carbonyl (C=O) groups is 1. The van der Waals surface area contributed by atoms with Crippen LogP contribution in [-0.4, -0.2) is 50.1 Å². The van der Waals surface area contributed by atoms with Gasteiger partial charge in [0.2, 0.25) is 5.91 Å². The molecule has 0 radical (unpaired) electrons. The maximum Gasteiger partial charge on any atom is 0.281 e. The molecule has 0 unspecified atom stereocenters. The van der Waals surface area contributed by atoms with Crippen LogP contribution >= 0.6 is 0 Å². The first-order valence-electron chi connectivity index (χ1n) is 7.36. The number of hydrogen-bond acceptors (Lipinski definition) is 3. The molecule has 1 fully saturated rings. The van der Waals surface area contributed by atoms with E-state index in [0.717, 1.165) is 11.3 Å². The van der Waals surface area contributed by atoms with Gasteiger partial charge in [-0.05, 0) is 37.5 Å². The van der Waals surface area contributed by atoms with E-state index in [1.807, 2.05) is 31.2 Å². The van der Waals surface area contributed by atoms with Gasteiger partial charge in [0.1, 0.15) is 0 Å². The molecule has 7 heteroatoms. The molecule has 1 heterocycles. The van der Waals surface area contributed by atoms with Crippen LogP contribution in [0.2, 0.25) is 0 Å². The van der Waals surface area contributed by atoms with Gasteiger partial charge in [-0.1, -0.05) is 12.1 Å². The van der Waals surface area contributed by atoms with E-state index >= 15 is 0 Å². The van der Waals surface area contributed by atoms with Crippen molar-refractivity contribution >= 4 is 21.8 Å². The van der Waals surface area contributed by atoms with Crippen molar-refractivity contribution in [3.63, 3.8) is 0 Å². The summed E-state index contributed by atoms with van der Waals surface area (Å²) in [7, 11) is -0.339. The normalized spacial score (nSPS) is 17.6.